The van der Waals surface area contributed by atoms with Crippen molar-refractivity contribution >= 4 is 38.9 Å². The quantitative estimate of drug-likeness (QED) is 0.903. The summed E-state index contributed by atoms with van der Waals surface area (Å²) in [5.74, 6) is 0. The van der Waals surface area contributed by atoms with Crippen LogP contribution in [0.2, 0.25) is 10.0 Å². The second kappa shape index (κ2) is 6.01. The average molecular weight is 331 g/mol. The van der Waals surface area contributed by atoms with Crippen LogP contribution < -0.4 is 10.5 Å². The smallest absolute Gasteiger partial charge is 0.238 e. The van der Waals surface area contributed by atoms with Gasteiger partial charge < -0.3 is 5.32 Å². The van der Waals surface area contributed by atoms with Gasteiger partial charge in [-0.05, 0) is 35.9 Å². The van der Waals surface area contributed by atoms with Gasteiger partial charge >= 0.3 is 0 Å². The first kappa shape index (κ1) is 15.1. The lowest BCUT2D eigenvalue weighted by Crippen LogP contribution is -2.12. The number of hydrogen-bond acceptors (Lipinski definition) is 3. The Bertz CT molecular complexity index is 733. The van der Waals surface area contributed by atoms with Crippen molar-refractivity contribution in [2.24, 2.45) is 5.14 Å². The highest BCUT2D eigenvalue weighted by Crippen LogP contribution is 2.22. The van der Waals surface area contributed by atoms with Crippen LogP contribution in [0.25, 0.3) is 0 Å². The van der Waals surface area contributed by atoms with Crippen molar-refractivity contribution in [2.75, 3.05) is 5.32 Å². The van der Waals surface area contributed by atoms with Crippen molar-refractivity contribution in [3.63, 3.8) is 0 Å². The summed E-state index contributed by atoms with van der Waals surface area (Å²) in [7, 11) is -3.71. The van der Waals surface area contributed by atoms with Gasteiger partial charge in [0.15, 0.2) is 0 Å². The van der Waals surface area contributed by atoms with Crippen LogP contribution >= 0.6 is 23.2 Å². The predicted molar refractivity (Wildman–Crippen MR) is 81.6 cm³/mol. The molecule has 0 saturated heterocycles. The lowest BCUT2D eigenvalue weighted by molar-refractivity contribution is 0.598. The van der Waals surface area contributed by atoms with Gasteiger partial charge in [-0.3, -0.25) is 0 Å². The molecule has 3 N–H and O–H groups in total. The number of nitrogens with two attached hydrogens (primary N) is 1. The molecule has 4 nitrogen and oxygen atoms in total. The standard InChI is InChI=1S/C13H12Cl2N2O2S/c14-10-5-4-9(13(15)6-10)8-17-11-2-1-3-12(7-11)20(16,18)19/h1-7,17H,8H2,(H2,16,18,19). The molecule has 0 amide bonds. The van der Waals surface area contributed by atoms with Crippen LogP contribution in [0.5, 0.6) is 0 Å². The molecule has 0 aliphatic heterocycles. The van der Waals surface area contributed by atoms with Crippen molar-refractivity contribution in [3.8, 4) is 0 Å². The second-order valence-electron chi connectivity index (χ2n) is 4.16. The van der Waals surface area contributed by atoms with Crippen molar-refractivity contribution < 1.29 is 8.42 Å². The molecular formula is C13H12Cl2N2O2S. The first-order valence-corrected chi connectivity index (χ1v) is 7.97. The third-order valence-corrected chi connectivity index (χ3v) is 4.16. The summed E-state index contributed by atoms with van der Waals surface area (Å²) in [5, 5.41) is 9.28. The van der Waals surface area contributed by atoms with E-state index in [1.54, 1.807) is 30.3 Å². The van der Waals surface area contributed by atoms with Crippen LogP contribution in [-0.2, 0) is 16.6 Å². The van der Waals surface area contributed by atoms with Crippen LogP contribution in [0.4, 0.5) is 5.69 Å². The lowest BCUT2D eigenvalue weighted by atomic mass is 10.2. The number of anilines is 1. The van der Waals surface area contributed by atoms with E-state index in [1.807, 2.05) is 0 Å². The molecule has 2 aromatic rings. The zero-order valence-electron chi connectivity index (χ0n) is 10.3. The van der Waals surface area contributed by atoms with E-state index in [9.17, 15) is 8.42 Å². The monoisotopic (exact) mass is 330 g/mol. The normalized spacial score (nSPS) is 11.3. The molecule has 0 bridgehead atoms. The summed E-state index contributed by atoms with van der Waals surface area (Å²) in [6, 6.07) is 11.5. The molecule has 2 rings (SSSR count). The molecular weight excluding hydrogens is 319 g/mol. The van der Waals surface area contributed by atoms with E-state index in [1.165, 1.54) is 12.1 Å². The van der Waals surface area contributed by atoms with Gasteiger partial charge in [0.2, 0.25) is 10.0 Å². The van der Waals surface area contributed by atoms with Gasteiger partial charge in [-0.25, -0.2) is 13.6 Å². The minimum absolute atomic E-state index is 0.0599. The van der Waals surface area contributed by atoms with Gasteiger partial charge in [-0.15, -0.1) is 0 Å². The number of rotatable bonds is 4. The Labute approximate surface area is 127 Å². The van der Waals surface area contributed by atoms with Crippen molar-refractivity contribution in [1.82, 2.24) is 0 Å². The Morgan fingerprint density at radius 2 is 1.85 bits per heavy atom. The van der Waals surface area contributed by atoms with Crippen LogP contribution in [-0.4, -0.2) is 8.42 Å². The zero-order valence-corrected chi connectivity index (χ0v) is 12.6. The molecule has 0 unspecified atom stereocenters. The molecule has 0 aliphatic carbocycles. The molecule has 0 atom stereocenters. The molecule has 0 saturated carbocycles. The van der Waals surface area contributed by atoms with Gasteiger partial charge in [0, 0.05) is 22.3 Å². The number of halogens is 2. The molecule has 0 aliphatic rings. The molecule has 0 aromatic heterocycles. The van der Waals surface area contributed by atoms with E-state index in [-0.39, 0.29) is 4.90 Å². The van der Waals surface area contributed by atoms with Gasteiger partial charge in [-0.1, -0.05) is 35.3 Å². The molecule has 0 spiro atoms. The Morgan fingerprint density at radius 3 is 2.50 bits per heavy atom. The highest BCUT2D eigenvalue weighted by atomic mass is 35.5. The Hall–Kier alpha value is -1.27. The highest BCUT2D eigenvalue weighted by molar-refractivity contribution is 7.89. The molecule has 2 aromatic carbocycles. The first-order valence-electron chi connectivity index (χ1n) is 5.67. The van der Waals surface area contributed by atoms with Crippen molar-refractivity contribution in [3.05, 3.63) is 58.1 Å². The fourth-order valence-corrected chi connectivity index (χ4v) is 2.68. The maximum atomic E-state index is 11.3. The maximum Gasteiger partial charge on any atom is 0.238 e. The van der Waals surface area contributed by atoms with Crippen molar-refractivity contribution in [1.29, 1.82) is 0 Å². The molecule has 7 heteroatoms. The van der Waals surface area contributed by atoms with E-state index in [0.717, 1.165) is 5.56 Å². The van der Waals surface area contributed by atoms with Crippen LogP contribution in [0.15, 0.2) is 47.4 Å². The van der Waals surface area contributed by atoms with Crippen molar-refractivity contribution in [2.45, 2.75) is 11.4 Å². The SMILES string of the molecule is NS(=O)(=O)c1cccc(NCc2ccc(Cl)cc2Cl)c1. The van der Waals surface area contributed by atoms with Crippen LogP contribution in [0, 0.1) is 0 Å². The van der Waals surface area contributed by atoms with E-state index in [2.05, 4.69) is 5.32 Å². The fourth-order valence-electron chi connectivity index (χ4n) is 1.65. The van der Waals surface area contributed by atoms with Crippen LogP contribution in [0.3, 0.4) is 0 Å². The maximum absolute atomic E-state index is 11.3. The van der Waals surface area contributed by atoms with Gasteiger partial charge in [-0.2, -0.15) is 0 Å². The molecule has 106 valence electrons. The number of nitrogens with one attached hydrogen (secondary N) is 1. The van der Waals surface area contributed by atoms with E-state index in [4.69, 9.17) is 28.3 Å². The third-order valence-electron chi connectivity index (χ3n) is 2.66. The number of sulfonamides is 1. The zero-order chi connectivity index (χ0) is 14.8. The summed E-state index contributed by atoms with van der Waals surface area (Å²) >= 11 is 11.9. The van der Waals surface area contributed by atoms with Gasteiger partial charge in [0.25, 0.3) is 0 Å². The molecule has 20 heavy (non-hydrogen) atoms. The molecule has 0 radical (unpaired) electrons. The van der Waals surface area contributed by atoms with Gasteiger partial charge in [0.1, 0.15) is 0 Å². The number of primary sulfonamides is 1. The topological polar surface area (TPSA) is 72.2 Å². The fraction of sp³-hybridized carbons (Fsp3) is 0.0769. The Morgan fingerprint density at radius 1 is 1.10 bits per heavy atom. The lowest BCUT2D eigenvalue weighted by Gasteiger charge is -2.09. The summed E-state index contributed by atoms with van der Waals surface area (Å²) < 4.78 is 22.5. The van der Waals surface area contributed by atoms with Gasteiger partial charge in [0.05, 0.1) is 4.90 Å². The minimum Gasteiger partial charge on any atom is -0.381 e. The second-order valence-corrected chi connectivity index (χ2v) is 6.57. The summed E-state index contributed by atoms with van der Waals surface area (Å²) in [5.41, 5.74) is 1.50. The van der Waals surface area contributed by atoms with E-state index in [0.29, 0.717) is 22.3 Å². The third kappa shape index (κ3) is 3.86. The minimum atomic E-state index is -3.71. The summed E-state index contributed by atoms with van der Waals surface area (Å²) in [6.07, 6.45) is 0. The first-order chi connectivity index (χ1) is 9.36. The van der Waals surface area contributed by atoms with E-state index < -0.39 is 10.0 Å². The molecule has 0 heterocycles. The molecule has 0 fully saturated rings. The highest BCUT2D eigenvalue weighted by Gasteiger charge is 2.08. The Kier molecular flexibility index (Phi) is 4.55. The number of benzene rings is 2. The van der Waals surface area contributed by atoms with E-state index >= 15 is 0 Å². The van der Waals surface area contributed by atoms with Crippen LogP contribution in [0.1, 0.15) is 5.56 Å². The number of hydrogen-bond donors (Lipinski definition) is 2. The largest absolute Gasteiger partial charge is 0.381 e. The summed E-state index contributed by atoms with van der Waals surface area (Å²) in [6.45, 7) is 0.448. The Balaban J connectivity index is 2.15. The average Bonchev–Trinajstić information content (AvgIpc) is 2.37. The summed E-state index contributed by atoms with van der Waals surface area (Å²) in [4.78, 5) is 0.0599. The predicted octanol–water partition coefficient (Wildman–Crippen LogP) is 3.25.